The molecule has 0 atom stereocenters. The maximum atomic E-state index is 12.2. The van der Waals surface area contributed by atoms with Crippen LogP contribution in [0.25, 0.3) is 0 Å². The van der Waals surface area contributed by atoms with E-state index in [1.54, 1.807) is 0 Å². The molecule has 0 spiro atoms. The van der Waals surface area contributed by atoms with E-state index in [1.165, 1.54) is 12.5 Å². The molecule has 1 rings (SSSR count). The fourth-order valence-corrected chi connectivity index (χ4v) is 3.89. The zero-order valence-electron chi connectivity index (χ0n) is 10.3. The summed E-state index contributed by atoms with van der Waals surface area (Å²) in [6.07, 6.45) is 0. The molecule has 0 aliphatic carbocycles. The zero-order valence-corrected chi connectivity index (χ0v) is 11.9. The van der Waals surface area contributed by atoms with Gasteiger partial charge in [-0.2, -0.15) is 4.31 Å². The molecule has 0 aromatic carbocycles. The fraction of sp³-hybridized carbons (Fsp3) is 0.500. The second-order valence-electron chi connectivity index (χ2n) is 3.57. The van der Waals surface area contributed by atoms with E-state index in [9.17, 15) is 13.2 Å². The number of carboxylic acid groups (broad SMARTS) is 1. The fourth-order valence-electron chi connectivity index (χ4n) is 1.37. The standard InChI is InChI=1S/C10H15NO6S2/c1-17-5-3-11(2-4-12)19(15,16)8-6-9(10(13)14)18-7-8/h6-7,12H,2-5H2,1H3,(H,13,14). The molecular formula is C10H15NO6S2. The van der Waals surface area contributed by atoms with Gasteiger partial charge >= 0.3 is 5.97 Å². The highest BCUT2D eigenvalue weighted by Gasteiger charge is 2.25. The summed E-state index contributed by atoms with van der Waals surface area (Å²) in [5, 5.41) is 19.0. The third-order valence-corrected chi connectivity index (χ3v) is 5.26. The van der Waals surface area contributed by atoms with Crippen LogP contribution in [0.1, 0.15) is 9.67 Å². The molecule has 9 heteroatoms. The van der Waals surface area contributed by atoms with Crippen molar-refractivity contribution in [2.24, 2.45) is 0 Å². The molecule has 0 aliphatic rings. The molecule has 0 fully saturated rings. The van der Waals surface area contributed by atoms with Crippen LogP contribution in [-0.4, -0.2) is 62.3 Å². The van der Waals surface area contributed by atoms with Gasteiger partial charge in [0.15, 0.2) is 0 Å². The van der Waals surface area contributed by atoms with Gasteiger partial charge in [-0.05, 0) is 6.07 Å². The molecule has 1 aromatic rings. The van der Waals surface area contributed by atoms with Crippen molar-refractivity contribution in [3.63, 3.8) is 0 Å². The van der Waals surface area contributed by atoms with Crippen LogP contribution in [0.5, 0.6) is 0 Å². The minimum absolute atomic E-state index is 0.0470. The molecule has 0 amide bonds. The third kappa shape index (κ3) is 3.98. The number of carbonyl (C=O) groups is 1. The van der Waals surface area contributed by atoms with E-state index < -0.39 is 16.0 Å². The molecule has 1 aromatic heterocycles. The van der Waals surface area contributed by atoms with E-state index in [-0.39, 0.29) is 36.1 Å². The number of hydrogen-bond acceptors (Lipinski definition) is 6. The van der Waals surface area contributed by atoms with E-state index in [1.807, 2.05) is 0 Å². The largest absolute Gasteiger partial charge is 0.477 e. The van der Waals surface area contributed by atoms with Crippen molar-refractivity contribution in [2.45, 2.75) is 4.90 Å². The Hall–Kier alpha value is -1.00. The Balaban J connectivity index is 3.00. The maximum Gasteiger partial charge on any atom is 0.345 e. The van der Waals surface area contributed by atoms with Crippen LogP contribution in [0.15, 0.2) is 16.3 Å². The summed E-state index contributed by atoms with van der Waals surface area (Å²) in [7, 11) is -2.37. The van der Waals surface area contributed by atoms with Crippen LogP contribution in [0, 0.1) is 0 Å². The minimum Gasteiger partial charge on any atom is -0.477 e. The van der Waals surface area contributed by atoms with E-state index >= 15 is 0 Å². The number of aliphatic hydroxyl groups is 1. The van der Waals surface area contributed by atoms with Crippen LogP contribution in [0.3, 0.4) is 0 Å². The molecule has 7 nitrogen and oxygen atoms in total. The molecule has 2 N–H and O–H groups in total. The predicted molar refractivity (Wildman–Crippen MR) is 69.0 cm³/mol. The average molecular weight is 309 g/mol. The van der Waals surface area contributed by atoms with Gasteiger partial charge in [0, 0.05) is 25.6 Å². The molecule has 108 valence electrons. The first kappa shape index (κ1) is 16.1. The second-order valence-corrected chi connectivity index (χ2v) is 6.42. The van der Waals surface area contributed by atoms with Crippen molar-refractivity contribution in [1.29, 1.82) is 0 Å². The van der Waals surface area contributed by atoms with Crippen LogP contribution >= 0.6 is 11.3 Å². The Bertz CT molecular complexity index is 524. The smallest absolute Gasteiger partial charge is 0.345 e. The molecule has 0 saturated heterocycles. The molecule has 0 radical (unpaired) electrons. The van der Waals surface area contributed by atoms with Crippen molar-refractivity contribution < 1.29 is 28.2 Å². The Labute approximate surface area is 115 Å². The number of sulfonamides is 1. The van der Waals surface area contributed by atoms with Crippen LogP contribution in [0.4, 0.5) is 0 Å². The van der Waals surface area contributed by atoms with Crippen molar-refractivity contribution in [3.8, 4) is 0 Å². The predicted octanol–water partition coefficient (Wildman–Crippen LogP) is 0.0757. The topological polar surface area (TPSA) is 104 Å². The molecule has 19 heavy (non-hydrogen) atoms. The lowest BCUT2D eigenvalue weighted by molar-refractivity contribution is 0.0702. The summed E-state index contributed by atoms with van der Waals surface area (Å²) in [4.78, 5) is 10.6. The minimum atomic E-state index is -3.81. The second kappa shape index (κ2) is 6.96. The van der Waals surface area contributed by atoms with E-state index in [0.29, 0.717) is 0 Å². The molecule has 0 aliphatic heterocycles. The van der Waals surface area contributed by atoms with Crippen molar-refractivity contribution in [3.05, 3.63) is 16.3 Å². The lowest BCUT2D eigenvalue weighted by atomic mass is 10.5. The number of ether oxygens (including phenoxy) is 1. The Morgan fingerprint density at radius 1 is 1.47 bits per heavy atom. The van der Waals surface area contributed by atoms with Gasteiger partial charge in [-0.15, -0.1) is 11.3 Å². The highest BCUT2D eigenvalue weighted by Crippen LogP contribution is 2.22. The summed E-state index contributed by atoms with van der Waals surface area (Å²) < 4.78 is 30.3. The van der Waals surface area contributed by atoms with Gasteiger partial charge < -0.3 is 14.9 Å². The summed E-state index contributed by atoms with van der Waals surface area (Å²) in [5.41, 5.74) is 0. The first-order chi connectivity index (χ1) is 8.93. The Morgan fingerprint density at radius 3 is 2.63 bits per heavy atom. The number of aliphatic hydroxyl groups excluding tert-OH is 1. The molecule has 0 saturated carbocycles. The number of carboxylic acids is 1. The van der Waals surface area contributed by atoms with E-state index in [4.69, 9.17) is 14.9 Å². The normalized spacial score (nSPS) is 11.9. The summed E-state index contributed by atoms with van der Waals surface area (Å²) in [6.45, 7) is -0.102. The molecule has 0 unspecified atom stereocenters. The van der Waals surface area contributed by atoms with E-state index in [0.717, 1.165) is 21.7 Å². The van der Waals surface area contributed by atoms with Gasteiger partial charge in [0.25, 0.3) is 0 Å². The van der Waals surface area contributed by atoms with Gasteiger partial charge in [-0.1, -0.05) is 0 Å². The quantitative estimate of drug-likeness (QED) is 0.704. The Morgan fingerprint density at radius 2 is 2.16 bits per heavy atom. The number of methoxy groups -OCH3 is 1. The first-order valence-corrected chi connectivity index (χ1v) is 7.67. The van der Waals surface area contributed by atoms with Crippen molar-refractivity contribution >= 4 is 27.3 Å². The van der Waals surface area contributed by atoms with Crippen molar-refractivity contribution in [1.82, 2.24) is 4.31 Å². The lowest BCUT2D eigenvalue weighted by Crippen LogP contribution is -2.36. The van der Waals surface area contributed by atoms with E-state index in [2.05, 4.69) is 0 Å². The number of thiophene rings is 1. The Kier molecular flexibility index (Phi) is 5.88. The summed E-state index contributed by atoms with van der Waals surface area (Å²) >= 11 is 0.845. The third-order valence-electron chi connectivity index (χ3n) is 2.32. The van der Waals surface area contributed by atoms with Gasteiger partial charge in [-0.3, -0.25) is 0 Å². The SMILES string of the molecule is COCCN(CCO)S(=O)(=O)c1csc(C(=O)O)c1. The van der Waals surface area contributed by atoms with Crippen LogP contribution in [-0.2, 0) is 14.8 Å². The van der Waals surface area contributed by atoms with Gasteiger partial charge in [0.1, 0.15) is 4.88 Å². The molecule has 0 bridgehead atoms. The van der Waals surface area contributed by atoms with Crippen molar-refractivity contribution in [2.75, 3.05) is 33.4 Å². The molecular weight excluding hydrogens is 294 g/mol. The summed E-state index contributed by atoms with van der Waals surface area (Å²) in [6, 6.07) is 1.11. The monoisotopic (exact) mass is 309 g/mol. The number of aromatic carboxylic acids is 1. The van der Waals surface area contributed by atoms with Gasteiger partial charge in [0.05, 0.1) is 18.1 Å². The number of rotatable bonds is 8. The lowest BCUT2D eigenvalue weighted by Gasteiger charge is -2.20. The highest BCUT2D eigenvalue weighted by molar-refractivity contribution is 7.89. The van der Waals surface area contributed by atoms with Gasteiger partial charge in [0.2, 0.25) is 10.0 Å². The maximum absolute atomic E-state index is 12.2. The number of hydrogen-bond donors (Lipinski definition) is 2. The van der Waals surface area contributed by atoms with Crippen LogP contribution in [0.2, 0.25) is 0 Å². The molecule has 1 heterocycles. The van der Waals surface area contributed by atoms with Crippen LogP contribution < -0.4 is 0 Å². The summed E-state index contributed by atoms with van der Waals surface area (Å²) in [5.74, 6) is -1.17. The van der Waals surface area contributed by atoms with Gasteiger partial charge in [-0.25, -0.2) is 13.2 Å². The average Bonchev–Trinajstić information content (AvgIpc) is 2.84. The zero-order chi connectivity index (χ0) is 14.5. The first-order valence-electron chi connectivity index (χ1n) is 5.35. The number of nitrogens with zero attached hydrogens (tertiary/aromatic N) is 1. The highest BCUT2D eigenvalue weighted by atomic mass is 32.2.